The van der Waals surface area contributed by atoms with E-state index < -0.39 is 5.97 Å². The molecule has 0 amide bonds. The number of thiophene rings is 1. The first-order chi connectivity index (χ1) is 6.20. The standard InChI is InChI=1S/C9H5FO2S/c10-7-2-1-6(9(11)12)5-3-4-13-8(5)7/h1-4H,(H,11,12). The van der Waals surface area contributed by atoms with E-state index in [0.717, 1.165) is 0 Å². The second-order valence-electron chi connectivity index (χ2n) is 2.56. The van der Waals surface area contributed by atoms with Crippen molar-refractivity contribution in [3.8, 4) is 0 Å². The Hall–Kier alpha value is -1.42. The highest BCUT2D eigenvalue weighted by Gasteiger charge is 2.11. The average Bonchev–Trinajstić information content (AvgIpc) is 2.53. The summed E-state index contributed by atoms with van der Waals surface area (Å²) in [6.45, 7) is 0. The minimum atomic E-state index is -1.02. The van der Waals surface area contributed by atoms with Crippen LogP contribution in [0.4, 0.5) is 4.39 Å². The van der Waals surface area contributed by atoms with Crippen LogP contribution in [0.1, 0.15) is 10.4 Å². The summed E-state index contributed by atoms with van der Waals surface area (Å²) in [6.07, 6.45) is 0. The lowest BCUT2D eigenvalue weighted by atomic mass is 10.1. The van der Waals surface area contributed by atoms with Gasteiger partial charge in [-0.1, -0.05) is 0 Å². The van der Waals surface area contributed by atoms with E-state index in [-0.39, 0.29) is 11.4 Å². The predicted molar refractivity (Wildman–Crippen MR) is 48.7 cm³/mol. The maximum atomic E-state index is 13.1. The van der Waals surface area contributed by atoms with Gasteiger partial charge in [-0.05, 0) is 23.6 Å². The highest BCUT2D eigenvalue weighted by atomic mass is 32.1. The van der Waals surface area contributed by atoms with Gasteiger partial charge in [-0.25, -0.2) is 9.18 Å². The number of benzene rings is 1. The molecule has 0 aliphatic carbocycles. The summed E-state index contributed by atoms with van der Waals surface area (Å²) in [4.78, 5) is 10.7. The molecule has 2 nitrogen and oxygen atoms in total. The second-order valence-corrected chi connectivity index (χ2v) is 3.48. The molecular weight excluding hydrogens is 191 g/mol. The lowest BCUT2D eigenvalue weighted by Gasteiger charge is -1.97. The zero-order valence-electron chi connectivity index (χ0n) is 6.45. The van der Waals surface area contributed by atoms with Crippen molar-refractivity contribution >= 4 is 27.4 Å². The molecule has 2 rings (SSSR count). The Morgan fingerprint density at radius 2 is 2.15 bits per heavy atom. The summed E-state index contributed by atoms with van der Waals surface area (Å²) in [5.74, 6) is -1.39. The van der Waals surface area contributed by atoms with E-state index >= 15 is 0 Å². The third kappa shape index (κ3) is 1.19. The Kier molecular flexibility index (Phi) is 1.77. The zero-order valence-corrected chi connectivity index (χ0v) is 7.27. The van der Waals surface area contributed by atoms with Crippen LogP contribution in [0.15, 0.2) is 23.6 Å². The number of halogens is 1. The third-order valence-corrected chi connectivity index (χ3v) is 2.72. The molecule has 66 valence electrons. The summed E-state index contributed by atoms with van der Waals surface area (Å²) in [6, 6.07) is 4.08. The Morgan fingerprint density at radius 1 is 1.38 bits per heavy atom. The zero-order chi connectivity index (χ0) is 9.42. The van der Waals surface area contributed by atoms with Crippen LogP contribution < -0.4 is 0 Å². The van der Waals surface area contributed by atoms with Gasteiger partial charge in [0.15, 0.2) is 0 Å². The molecule has 1 heterocycles. The molecule has 0 saturated heterocycles. The van der Waals surface area contributed by atoms with Gasteiger partial charge in [-0.15, -0.1) is 11.3 Å². The molecule has 0 atom stereocenters. The van der Waals surface area contributed by atoms with E-state index in [0.29, 0.717) is 10.1 Å². The maximum Gasteiger partial charge on any atom is 0.336 e. The molecule has 1 aromatic carbocycles. The van der Waals surface area contributed by atoms with Crippen LogP contribution >= 0.6 is 11.3 Å². The Balaban J connectivity index is 2.86. The SMILES string of the molecule is O=C(O)c1ccc(F)c2sccc12. The minimum absolute atomic E-state index is 0.151. The topological polar surface area (TPSA) is 37.3 Å². The van der Waals surface area contributed by atoms with Gasteiger partial charge in [0.1, 0.15) is 5.82 Å². The molecule has 0 bridgehead atoms. The van der Waals surface area contributed by atoms with Crippen LogP contribution in [0.25, 0.3) is 10.1 Å². The van der Waals surface area contributed by atoms with E-state index in [4.69, 9.17) is 5.11 Å². The molecule has 0 fully saturated rings. The number of hydrogen-bond acceptors (Lipinski definition) is 2. The fourth-order valence-electron chi connectivity index (χ4n) is 1.21. The molecular formula is C9H5FO2S. The van der Waals surface area contributed by atoms with Gasteiger partial charge in [0.2, 0.25) is 0 Å². The molecule has 1 N–H and O–H groups in total. The molecule has 0 saturated carbocycles. The number of fused-ring (bicyclic) bond motifs is 1. The van der Waals surface area contributed by atoms with Gasteiger partial charge < -0.3 is 5.11 Å². The molecule has 4 heteroatoms. The molecule has 2 aromatic rings. The quantitative estimate of drug-likeness (QED) is 0.761. The van der Waals surface area contributed by atoms with Crippen LogP contribution in [-0.2, 0) is 0 Å². The molecule has 0 aliphatic rings. The number of rotatable bonds is 1. The van der Waals surface area contributed by atoms with E-state index in [1.54, 1.807) is 11.4 Å². The molecule has 0 radical (unpaired) electrons. The van der Waals surface area contributed by atoms with Crippen molar-refractivity contribution in [1.29, 1.82) is 0 Å². The molecule has 0 unspecified atom stereocenters. The average molecular weight is 196 g/mol. The van der Waals surface area contributed by atoms with Crippen molar-refractivity contribution in [2.75, 3.05) is 0 Å². The first-order valence-electron chi connectivity index (χ1n) is 3.59. The minimum Gasteiger partial charge on any atom is -0.478 e. The smallest absolute Gasteiger partial charge is 0.336 e. The summed E-state index contributed by atoms with van der Waals surface area (Å²) >= 11 is 1.21. The van der Waals surface area contributed by atoms with Gasteiger partial charge in [0.25, 0.3) is 0 Å². The van der Waals surface area contributed by atoms with Crippen molar-refractivity contribution in [2.24, 2.45) is 0 Å². The first kappa shape index (κ1) is 8.19. The number of hydrogen-bond donors (Lipinski definition) is 1. The number of carboxylic acid groups (broad SMARTS) is 1. The van der Waals surface area contributed by atoms with Crippen LogP contribution in [0, 0.1) is 5.82 Å². The third-order valence-electron chi connectivity index (χ3n) is 1.80. The molecule has 1 aromatic heterocycles. The Bertz CT molecular complexity index is 475. The van der Waals surface area contributed by atoms with E-state index in [1.165, 1.54) is 23.5 Å². The Labute approximate surface area is 77.2 Å². The van der Waals surface area contributed by atoms with Gasteiger partial charge in [-0.2, -0.15) is 0 Å². The van der Waals surface area contributed by atoms with Crippen LogP contribution in [0.2, 0.25) is 0 Å². The summed E-state index contributed by atoms with van der Waals surface area (Å²) < 4.78 is 13.5. The van der Waals surface area contributed by atoms with Gasteiger partial charge in [0, 0.05) is 5.39 Å². The lowest BCUT2D eigenvalue weighted by molar-refractivity contribution is 0.0699. The van der Waals surface area contributed by atoms with Crippen LogP contribution in [0.5, 0.6) is 0 Å². The predicted octanol–water partition coefficient (Wildman–Crippen LogP) is 2.74. The molecule has 13 heavy (non-hydrogen) atoms. The van der Waals surface area contributed by atoms with Gasteiger partial charge >= 0.3 is 5.97 Å². The summed E-state index contributed by atoms with van der Waals surface area (Å²) in [5.41, 5.74) is 0.151. The highest BCUT2D eigenvalue weighted by Crippen LogP contribution is 2.26. The first-order valence-corrected chi connectivity index (χ1v) is 4.47. The molecule has 0 spiro atoms. The van der Waals surface area contributed by atoms with Crippen molar-refractivity contribution in [3.05, 3.63) is 35.0 Å². The summed E-state index contributed by atoms with van der Waals surface area (Å²) in [7, 11) is 0. The largest absolute Gasteiger partial charge is 0.478 e. The summed E-state index contributed by atoms with van der Waals surface area (Å²) in [5, 5.41) is 10.9. The Morgan fingerprint density at radius 3 is 2.85 bits per heavy atom. The fourth-order valence-corrected chi connectivity index (χ4v) is 2.04. The van der Waals surface area contributed by atoms with Crippen molar-refractivity contribution in [2.45, 2.75) is 0 Å². The van der Waals surface area contributed by atoms with Gasteiger partial charge in [0.05, 0.1) is 10.3 Å². The van der Waals surface area contributed by atoms with Crippen molar-refractivity contribution in [1.82, 2.24) is 0 Å². The molecule has 0 aliphatic heterocycles. The van der Waals surface area contributed by atoms with E-state index in [9.17, 15) is 9.18 Å². The van der Waals surface area contributed by atoms with Crippen LogP contribution in [-0.4, -0.2) is 11.1 Å². The van der Waals surface area contributed by atoms with Crippen molar-refractivity contribution in [3.63, 3.8) is 0 Å². The second kappa shape index (κ2) is 2.81. The van der Waals surface area contributed by atoms with Crippen molar-refractivity contribution < 1.29 is 14.3 Å². The lowest BCUT2D eigenvalue weighted by Crippen LogP contribution is -1.96. The van der Waals surface area contributed by atoms with Crippen LogP contribution in [0.3, 0.4) is 0 Å². The normalized spacial score (nSPS) is 10.5. The number of aromatic carboxylic acids is 1. The van der Waals surface area contributed by atoms with E-state index in [1.807, 2.05) is 0 Å². The number of carbonyl (C=O) groups is 1. The van der Waals surface area contributed by atoms with Gasteiger partial charge in [-0.3, -0.25) is 0 Å². The number of carboxylic acids is 1. The van der Waals surface area contributed by atoms with E-state index in [2.05, 4.69) is 0 Å². The monoisotopic (exact) mass is 196 g/mol. The fraction of sp³-hybridized carbons (Fsp3) is 0. The highest BCUT2D eigenvalue weighted by molar-refractivity contribution is 7.17. The maximum absolute atomic E-state index is 13.1.